The fourth-order valence-corrected chi connectivity index (χ4v) is 1.50. The van der Waals surface area contributed by atoms with Gasteiger partial charge in [-0.2, -0.15) is 0 Å². The van der Waals surface area contributed by atoms with Crippen molar-refractivity contribution >= 4 is 0 Å². The SMILES string of the molecule is C#CCc1ccccc1CC(C)(C)N. The van der Waals surface area contributed by atoms with E-state index in [0.717, 1.165) is 6.42 Å². The van der Waals surface area contributed by atoms with Crippen molar-refractivity contribution in [3.8, 4) is 12.3 Å². The van der Waals surface area contributed by atoms with E-state index in [2.05, 4.69) is 18.1 Å². The zero-order chi connectivity index (χ0) is 10.6. The average molecular weight is 187 g/mol. The average Bonchev–Trinajstić information content (AvgIpc) is 2.06. The molecule has 0 bridgehead atoms. The standard InChI is InChI=1S/C13H17N/c1-4-7-11-8-5-6-9-12(11)10-13(2,3)14/h1,5-6,8-9H,7,10,14H2,2-3H3. The van der Waals surface area contributed by atoms with Gasteiger partial charge in [-0.05, 0) is 31.4 Å². The van der Waals surface area contributed by atoms with Crippen molar-refractivity contribution in [2.24, 2.45) is 5.73 Å². The lowest BCUT2D eigenvalue weighted by atomic mass is 9.92. The summed E-state index contributed by atoms with van der Waals surface area (Å²) in [6.45, 7) is 4.05. The van der Waals surface area contributed by atoms with Gasteiger partial charge in [0.05, 0.1) is 0 Å². The summed E-state index contributed by atoms with van der Waals surface area (Å²) in [5.41, 5.74) is 8.28. The highest BCUT2D eigenvalue weighted by atomic mass is 14.7. The Labute approximate surface area is 86.3 Å². The van der Waals surface area contributed by atoms with Gasteiger partial charge in [0.2, 0.25) is 0 Å². The van der Waals surface area contributed by atoms with E-state index < -0.39 is 0 Å². The van der Waals surface area contributed by atoms with Crippen LogP contribution in [0.1, 0.15) is 25.0 Å². The van der Waals surface area contributed by atoms with Gasteiger partial charge in [-0.25, -0.2) is 0 Å². The number of hydrogen-bond donors (Lipinski definition) is 1. The van der Waals surface area contributed by atoms with Gasteiger partial charge in [0.1, 0.15) is 0 Å². The Kier molecular flexibility index (Phi) is 3.33. The van der Waals surface area contributed by atoms with Crippen molar-refractivity contribution in [1.82, 2.24) is 0 Å². The minimum atomic E-state index is -0.176. The summed E-state index contributed by atoms with van der Waals surface area (Å²) >= 11 is 0. The summed E-state index contributed by atoms with van der Waals surface area (Å²) in [6, 6.07) is 8.21. The highest BCUT2D eigenvalue weighted by molar-refractivity contribution is 5.31. The van der Waals surface area contributed by atoms with Gasteiger partial charge in [-0.1, -0.05) is 24.3 Å². The van der Waals surface area contributed by atoms with Crippen molar-refractivity contribution in [2.75, 3.05) is 0 Å². The lowest BCUT2D eigenvalue weighted by Gasteiger charge is -2.20. The minimum Gasteiger partial charge on any atom is -0.325 e. The second-order valence-corrected chi connectivity index (χ2v) is 4.31. The van der Waals surface area contributed by atoms with Gasteiger partial charge in [-0.15, -0.1) is 12.3 Å². The zero-order valence-electron chi connectivity index (χ0n) is 8.88. The van der Waals surface area contributed by atoms with Crippen molar-refractivity contribution in [3.05, 3.63) is 35.4 Å². The summed E-state index contributed by atoms with van der Waals surface area (Å²) in [7, 11) is 0. The van der Waals surface area contributed by atoms with Crippen LogP contribution in [0, 0.1) is 12.3 Å². The first-order chi connectivity index (χ1) is 6.53. The van der Waals surface area contributed by atoms with Gasteiger partial charge in [-0.3, -0.25) is 0 Å². The van der Waals surface area contributed by atoms with Gasteiger partial charge >= 0.3 is 0 Å². The van der Waals surface area contributed by atoms with Crippen LogP contribution in [-0.2, 0) is 12.8 Å². The Hall–Kier alpha value is -1.26. The van der Waals surface area contributed by atoms with E-state index in [0.29, 0.717) is 6.42 Å². The van der Waals surface area contributed by atoms with Crippen LogP contribution >= 0.6 is 0 Å². The molecule has 0 radical (unpaired) electrons. The van der Waals surface area contributed by atoms with Crippen LogP contribution in [-0.4, -0.2) is 5.54 Å². The molecule has 0 atom stereocenters. The summed E-state index contributed by atoms with van der Waals surface area (Å²) in [5.74, 6) is 2.67. The van der Waals surface area contributed by atoms with E-state index >= 15 is 0 Å². The van der Waals surface area contributed by atoms with Gasteiger partial charge < -0.3 is 5.73 Å². The minimum absolute atomic E-state index is 0.176. The third kappa shape index (κ3) is 3.24. The number of benzene rings is 1. The molecule has 0 aliphatic heterocycles. The molecule has 0 heterocycles. The largest absolute Gasteiger partial charge is 0.325 e. The second kappa shape index (κ2) is 4.30. The molecule has 0 fully saturated rings. The van der Waals surface area contributed by atoms with Crippen LogP contribution in [0.5, 0.6) is 0 Å². The van der Waals surface area contributed by atoms with Crippen LogP contribution in [0.2, 0.25) is 0 Å². The fraction of sp³-hybridized carbons (Fsp3) is 0.385. The first kappa shape index (κ1) is 10.8. The lowest BCUT2D eigenvalue weighted by molar-refractivity contribution is 0.515. The molecule has 0 aromatic heterocycles. The van der Waals surface area contributed by atoms with Crippen LogP contribution in [0.4, 0.5) is 0 Å². The van der Waals surface area contributed by atoms with E-state index in [9.17, 15) is 0 Å². The summed E-state index contributed by atoms with van der Waals surface area (Å²) in [4.78, 5) is 0. The van der Waals surface area contributed by atoms with Crippen LogP contribution in [0.25, 0.3) is 0 Å². The monoisotopic (exact) mass is 187 g/mol. The summed E-state index contributed by atoms with van der Waals surface area (Å²) < 4.78 is 0. The number of rotatable bonds is 3. The molecule has 0 aliphatic carbocycles. The topological polar surface area (TPSA) is 26.0 Å². The van der Waals surface area contributed by atoms with Crippen molar-refractivity contribution in [3.63, 3.8) is 0 Å². The maximum atomic E-state index is 5.98. The normalized spacial score (nSPS) is 11.0. The van der Waals surface area contributed by atoms with E-state index in [-0.39, 0.29) is 5.54 Å². The van der Waals surface area contributed by atoms with Crippen molar-refractivity contribution in [1.29, 1.82) is 0 Å². The highest BCUT2D eigenvalue weighted by Crippen LogP contribution is 2.15. The molecule has 1 nitrogen and oxygen atoms in total. The van der Waals surface area contributed by atoms with E-state index in [4.69, 9.17) is 12.2 Å². The third-order valence-corrected chi connectivity index (χ3v) is 2.06. The van der Waals surface area contributed by atoms with Crippen LogP contribution < -0.4 is 5.73 Å². The summed E-state index contributed by atoms with van der Waals surface area (Å²) in [6.07, 6.45) is 6.86. The van der Waals surface area contributed by atoms with E-state index in [1.54, 1.807) is 0 Å². The molecule has 14 heavy (non-hydrogen) atoms. The third-order valence-electron chi connectivity index (χ3n) is 2.06. The van der Waals surface area contributed by atoms with Crippen LogP contribution in [0.3, 0.4) is 0 Å². The smallest absolute Gasteiger partial charge is 0.0340 e. The maximum absolute atomic E-state index is 5.98. The van der Waals surface area contributed by atoms with Gasteiger partial charge in [0, 0.05) is 12.0 Å². The molecule has 0 saturated heterocycles. The molecular formula is C13H17N. The number of terminal acetylenes is 1. The van der Waals surface area contributed by atoms with Gasteiger partial charge in [0.15, 0.2) is 0 Å². The molecule has 1 heteroatoms. The first-order valence-electron chi connectivity index (χ1n) is 4.82. The van der Waals surface area contributed by atoms with Crippen molar-refractivity contribution in [2.45, 2.75) is 32.2 Å². The number of nitrogens with two attached hydrogens (primary N) is 1. The number of hydrogen-bond acceptors (Lipinski definition) is 1. The first-order valence-corrected chi connectivity index (χ1v) is 4.82. The van der Waals surface area contributed by atoms with E-state index in [1.807, 2.05) is 26.0 Å². The Balaban J connectivity index is 2.91. The second-order valence-electron chi connectivity index (χ2n) is 4.31. The molecule has 1 rings (SSSR count). The molecule has 0 amide bonds. The molecular weight excluding hydrogens is 170 g/mol. The summed E-state index contributed by atoms with van der Waals surface area (Å²) in [5, 5.41) is 0. The Bertz CT molecular complexity index is 339. The van der Waals surface area contributed by atoms with Gasteiger partial charge in [0.25, 0.3) is 0 Å². The maximum Gasteiger partial charge on any atom is 0.0340 e. The zero-order valence-corrected chi connectivity index (χ0v) is 8.88. The van der Waals surface area contributed by atoms with Crippen molar-refractivity contribution < 1.29 is 0 Å². The molecule has 0 aliphatic rings. The lowest BCUT2D eigenvalue weighted by Crippen LogP contribution is -2.34. The predicted octanol–water partition coefficient (Wildman–Crippen LogP) is 2.14. The Morgan fingerprint density at radius 2 is 1.86 bits per heavy atom. The molecule has 2 N–H and O–H groups in total. The van der Waals surface area contributed by atoms with Crippen LogP contribution in [0.15, 0.2) is 24.3 Å². The Morgan fingerprint density at radius 3 is 2.36 bits per heavy atom. The molecule has 0 unspecified atom stereocenters. The Morgan fingerprint density at radius 1 is 1.29 bits per heavy atom. The quantitative estimate of drug-likeness (QED) is 0.721. The highest BCUT2D eigenvalue weighted by Gasteiger charge is 2.13. The molecule has 1 aromatic carbocycles. The van der Waals surface area contributed by atoms with E-state index in [1.165, 1.54) is 11.1 Å². The fourth-order valence-electron chi connectivity index (χ4n) is 1.50. The molecule has 0 saturated carbocycles. The molecule has 0 spiro atoms. The molecule has 1 aromatic rings. The molecule has 74 valence electrons. The predicted molar refractivity (Wildman–Crippen MR) is 60.9 cm³/mol.